The van der Waals surface area contributed by atoms with Crippen LogP contribution in [0.1, 0.15) is 52.4 Å². The summed E-state index contributed by atoms with van der Waals surface area (Å²) in [4.78, 5) is 38.8. The van der Waals surface area contributed by atoms with E-state index >= 15 is 0 Å². The van der Waals surface area contributed by atoms with E-state index in [-0.39, 0.29) is 37.7 Å². The molecule has 0 aromatic heterocycles. The summed E-state index contributed by atoms with van der Waals surface area (Å²) in [5.41, 5.74) is 0. The first kappa shape index (κ1) is 21.5. The first-order valence-electron chi connectivity index (χ1n) is 9.55. The second kappa shape index (κ2) is 8.93. The van der Waals surface area contributed by atoms with Gasteiger partial charge in [-0.05, 0) is 32.1 Å². The zero-order valence-corrected chi connectivity index (χ0v) is 15.8. The van der Waals surface area contributed by atoms with Crippen LogP contribution < -0.4 is 5.32 Å². The van der Waals surface area contributed by atoms with E-state index in [1.807, 2.05) is 6.92 Å². The van der Waals surface area contributed by atoms with Gasteiger partial charge >= 0.3 is 6.18 Å². The molecule has 3 atom stereocenters. The van der Waals surface area contributed by atoms with Crippen molar-refractivity contribution < 1.29 is 27.6 Å². The van der Waals surface area contributed by atoms with Gasteiger partial charge in [-0.25, -0.2) is 0 Å². The molecular formula is C18H28F3N3O3. The predicted molar refractivity (Wildman–Crippen MR) is 92.6 cm³/mol. The summed E-state index contributed by atoms with van der Waals surface area (Å²) in [6.45, 7) is 3.75. The molecule has 0 spiro atoms. The summed E-state index contributed by atoms with van der Waals surface area (Å²) in [7, 11) is 0. The van der Waals surface area contributed by atoms with Crippen LogP contribution in [0.3, 0.4) is 0 Å². The number of carbonyl (C=O) groups is 3. The number of carbonyl (C=O) groups excluding carboxylic acids is 3. The highest BCUT2D eigenvalue weighted by molar-refractivity contribution is 5.82. The van der Waals surface area contributed by atoms with Crippen LogP contribution >= 0.6 is 0 Å². The first-order chi connectivity index (χ1) is 12.6. The molecule has 0 aromatic rings. The molecule has 6 nitrogen and oxygen atoms in total. The molecule has 2 heterocycles. The maximum Gasteiger partial charge on any atom is 0.408 e. The van der Waals surface area contributed by atoms with Gasteiger partial charge in [-0.2, -0.15) is 13.2 Å². The molecule has 2 fully saturated rings. The van der Waals surface area contributed by atoms with Crippen molar-refractivity contribution in [3.8, 4) is 0 Å². The maximum atomic E-state index is 13.5. The highest BCUT2D eigenvalue weighted by Gasteiger charge is 2.49. The van der Waals surface area contributed by atoms with Crippen LogP contribution in [0.25, 0.3) is 0 Å². The number of hydrogen-bond acceptors (Lipinski definition) is 3. The molecule has 3 unspecified atom stereocenters. The lowest BCUT2D eigenvalue weighted by molar-refractivity contribution is -0.199. The molecule has 2 aliphatic rings. The van der Waals surface area contributed by atoms with E-state index < -0.39 is 30.1 Å². The van der Waals surface area contributed by atoms with Crippen molar-refractivity contribution in [2.75, 3.05) is 19.6 Å². The standard InChI is InChI=1S/C18H28F3N3O3/c1-3-5-16(26)23-9-4-6-13(10-23)17(27)24-11-14(22-12(2)25)7-8-15(24)18(19,20)21/h13-15H,3-11H2,1-2H3,(H,22,25). The highest BCUT2D eigenvalue weighted by atomic mass is 19.4. The van der Waals surface area contributed by atoms with Gasteiger partial charge in [0.05, 0.1) is 5.92 Å². The Morgan fingerprint density at radius 3 is 2.41 bits per heavy atom. The lowest BCUT2D eigenvalue weighted by Crippen LogP contribution is -2.60. The summed E-state index contributed by atoms with van der Waals surface area (Å²) in [5.74, 6) is -1.58. The van der Waals surface area contributed by atoms with Gasteiger partial charge in [-0.1, -0.05) is 6.92 Å². The van der Waals surface area contributed by atoms with Crippen LogP contribution in [0, 0.1) is 5.92 Å². The zero-order chi connectivity index (χ0) is 20.2. The molecule has 0 aliphatic carbocycles. The second-order valence-electron chi connectivity index (χ2n) is 7.45. The molecule has 0 saturated carbocycles. The number of nitrogens with zero attached hydrogens (tertiary/aromatic N) is 2. The summed E-state index contributed by atoms with van der Waals surface area (Å²) >= 11 is 0. The molecule has 3 amide bonds. The summed E-state index contributed by atoms with van der Waals surface area (Å²) in [6.07, 6.45) is -2.42. The van der Waals surface area contributed by atoms with Gasteiger partial charge < -0.3 is 15.1 Å². The van der Waals surface area contributed by atoms with E-state index in [1.54, 1.807) is 4.90 Å². The Morgan fingerprint density at radius 2 is 1.81 bits per heavy atom. The van der Waals surface area contributed by atoms with E-state index in [9.17, 15) is 27.6 Å². The second-order valence-corrected chi connectivity index (χ2v) is 7.45. The number of likely N-dealkylation sites (tertiary alicyclic amines) is 2. The number of halogens is 3. The average molecular weight is 391 g/mol. The third-order valence-corrected chi connectivity index (χ3v) is 5.24. The van der Waals surface area contributed by atoms with Crippen molar-refractivity contribution in [3.63, 3.8) is 0 Å². The van der Waals surface area contributed by atoms with Crippen LogP contribution in [-0.2, 0) is 14.4 Å². The van der Waals surface area contributed by atoms with E-state index in [1.165, 1.54) is 6.92 Å². The van der Waals surface area contributed by atoms with Crippen LogP contribution in [0.2, 0.25) is 0 Å². The number of amides is 3. The summed E-state index contributed by atoms with van der Waals surface area (Å²) < 4.78 is 40.4. The van der Waals surface area contributed by atoms with Gasteiger partial charge in [0.2, 0.25) is 17.7 Å². The topological polar surface area (TPSA) is 69.7 Å². The quantitative estimate of drug-likeness (QED) is 0.798. The van der Waals surface area contributed by atoms with E-state index in [0.717, 1.165) is 4.90 Å². The first-order valence-corrected chi connectivity index (χ1v) is 9.55. The van der Waals surface area contributed by atoms with Crippen molar-refractivity contribution in [1.29, 1.82) is 0 Å². The molecule has 1 N–H and O–H groups in total. The molecule has 0 bridgehead atoms. The Bertz CT molecular complexity index is 568. The Balaban J connectivity index is 2.12. The van der Waals surface area contributed by atoms with Gasteiger partial charge in [0.15, 0.2) is 0 Å². The number of alkyl halides is 3. The molecule has 2 aliphatic heterocycles. The maximum absolute atomic E-state index is 13.5. The van der Waals surface area contributed by atoms with E-state index in [0.29, 0.717) is 32.2 Å². The van der Waals surface area contributed by atoms with Crippen LogP contribution in [-0.4, -0.2) is 65.4 Å². The third-order valence-electron chi connectivity index (χ3n) is 5.24. The number of piperidine rings is 2. The largest absolute Gasteiger partial charge is 0.408 e. The fourth-order valence-electron chi connectivity index (χ4n) is 3.97. The molecule has 2 saturated heterocycles. The minimum absolute atomic E-state index is 0.0582. The van der Waals surface area contributed by atoms with Crippen molar-refractivity contribution in [2.24, 2.45) is 5.92 Å². The SMILES string of the molecule is CCCC(=O)N1CCCC(C(=O)N2CC(NC(C)=O)CCC2C(F)(F)F)C1. The molecule has 9 heteroatoms. The van der Waals surface area contributed by atoms with Gasteiger partial charge in [0, 0.05) is 39.0 Å². The van der Waals surface area contributed by atoms with Crippen molar-refractivity contribution in [2.45, 2.75) is 70.6 Å². The number of nitrogens with one attached hydrogen (secondary N) is 1. The van der Waals surface area contributed by atoms with Gasteiger partial charge in [-0.3, -0.25) is 14.4 Å². The normalized spacial score (nSPS) is 26.6. The average Bonchev–Trinajstić information content (AvgIpc) is 2.60. The molecule has 27 heavy (non-hydrogen) atoms. The summed E-state index contributed by atoms with van der Waals surface area (Å²) in [6, 6.07) is -2.32. The van der Waals surface area contributed by atoms with Gasteiger partial charge in [0.25, 0.3) is 0 Å². The van der Waals surface area contributed by atoms with Crippen LogP contribution in [0.4, 0.5) is 13.2 Å². The van der Waals surface area contributed by atoms with Gasteiger partial charge in [0.1, 0.15) is 6.04 Å². The molecule has 154 valence electrons. The molecular weight excluding hydrogens is 363 g/mol. The van der Waals surface area contributed by atoms with Crippen LogP contribution in [0.15, 0.2) is 0 Å². The van der Waals surface area contributed by atoms with Crippen molar-refractivity contribution in [1.82, 2.24) is 15.1 Å². The minimum Gasteiger partial charge on any atom is -0.352 e. The Hall–Kier alpha value is -1.80. The minimum atomic E-state index is -4.51. The molecule has 0 radical (unpaired) electrons. The third kappa shape index (κ3) is 5.59. The number of rotatable bonds is 4. The van der Waals surface area contributed by atoms with Gasteiger partial charge in [-0.15, -0.1) is 0 Å². The summed E-state index contributed by atoms with van der Waals surface area (Å²) in [5, 5.41) is 2.62. The smallest absolute Gasteiger partial charge is 0.352 e. The fourth-order valence-corrected chi connectivity index (χ4v) is 3.97. The Morgan fingerprint density at radius 1 is 1.11 bits per heavy atom. The van der Waals surface area contributed by atoms with E-state index in [2.05, 4.69) is 5.32 Å². The lowest BCUT2D eigenvalue weighted by atomic mass is 9.91. The zero-order valence-electron chi connectivity index (χ0n) is 15.8. The van der Waals surface area contributed by atoms with Crippen molar-refractivity contribution in [3.05, 3.63) is 0 Å². The molecule has 2 rings (SSSR count). The monoisotopic (exact) mass is 391 g/mol. The Labute approximate surface area is 157 Å². The van der Waals surface area contributed by atoms with Crippen molar-refractivity contribution >= 4 is 17.7 Å². The van der Waals surface area contributed by atoms with Crippen LogP contribution in [0.5, 0.6) is 0 Å². The Kier molecular flexibility index (Phi) is 7.11. The van der Waals surface area contributed by atoms with E-state index in [4.69, 9.17) is 0 Å². The highest BCUT2D eigenvalue weighted by Crippen LogP contribution is 2.34. The molecule has 0 aromatic carbocycles. The number of hydrogen-bond donors (Lipinski definition) is 1. The predicted octanol–water partition coefficient (Wildman–Crippen LogP) is 2.08. The lowest BCUT2D eigenvalue weighted by Gasteiger charge is -2.43. The fraction of sp³-hybridized carbons (Fsp3) is 0.833.